The number of para-hydroxylation sites is 1. The summed E-state index contributed by atoms with van der Waals surface area (Å²) >= 11 is 0. The van der Waals surface area contributed by atoms with E-state index >= 15 is 0 Å². The topological polar surface area (TPSA) is 53.7 Å². The molecule has 1 aromatic carbocycles. The minimum atomic E-state index is -1.10. The molecule has 0 aliphatic rings. The van der Waals surface area contributed by atoms with E-state index in [9.17, 15) is 9.18 Å². The van der Waals surface area contributed by atoms with E-state index in [1.54, 1.807) is 43.1 Å². The number of aromatic carboxylic acids is 1. The van der Waals surface area contributed by atoms with Gasteiger partial charge in [0.25, 0.3) is 0 Å². The maximum absolute atomic E-state index is 13.6. The van der Waals surface area contributed by atoms with Crippen molar-refractivity contribution in [1.82, 2.24) is 0 Å². The minimum Gasteiger partial charge on any atom is -0.475 e. The van der Waals surface area contributed by atoms with E-state index < -0.39 is 5.97 Å². The number of furan rings is 1. The summed E-state index contributed by atoms with van der Waals surface area (Å²) in [6.45, 7) is 1.97. The summed E-state index contributed by atoms with van der Waals surface area (Å²) in [5.74, 6) is -1.01. The van der Waals surface area contributed by atoms with E-state index in [2.05, 4.69) is 0 Å². The Morgan fingerprint density at radius 2 is 2.11 bits per heavy atom. The molecule has 1 aromatic heterocycles. The van der Waals surface area contributed by atoms with Gasteiger partial charge in [0.05, 0.1) is 12.2 Å². The lowest BCUT2D eigenvalue weighted by Gasteiger charge is -2.18. The molecule has 0 radical (unpaired) electrons. The van der Waals surface area contributed by atoms with Crippen LogP contribution in [0.4, 0.5) is 10.1 Å². The summed E-state index contributed by atoms with van der Waals surface area (Å²) in [5.41, 5.74) is 0.998. The summed E-state index contributed by atoms with van der Waals surface area (Å²) in [6.07, 6.45) is 0. The summed E-state index contributed by atoms with van der Waals surface area (Å²) in [6, 6.07) is 8.04. The summed E-state index contributed by atoms with van der Waals surface area (Å²) in [5, 5.41) is 8.91. The van der Waals surface area contributed by atoms with Crippen molar-refractivity contribution < 1.29 is 18.7 Å². The summed E-state index contributed by atoms with van der Waals surface area (Å²) in [4.78, 5) is 12.5. The monoisotopic (exact) mass is 263 g/mol. The van der Waals surface area contributed by atoms with Gasteiger partial charge in [-0.05, 0) is 25.1 Å². The van der Waals surface area contributed by atoms with Crippen LogP contribution in [0.25, 0.3) is 0 Å². The first-order valence-electron chi connectivity index (χ1n) is 5.77. The molecule has 1 heterocycles. The lowest BCUT2D eigenvalue weighted by molar-refractivity contribution is 0.0659. The van der Waals surface area contributed by atoms with Crippen molar-refractivity contribution in [1.29, 1.82) is 0 Å². The maximum atomic E-state index is 13.6. The van der Waals surface area contributed by atoms with Gasteiger partial charge in [0, 0.05) is 12.6 Å². The predicted molar refractivity (Wildman–Crippen MR) is 68.9 cm³/mol. The fourth-order valence-electron chi connectivity index (χ4n) is 1.92. The Labute approximate surface area is 110 Å². The molecule has 0 saturated carbocycles. The highest BCUT2D eigenvalue weighted by Gasteiger charge is 2.16. The minimum absolute atomic E-state index is 0.0723. The second-order valence-electron chi connectivity index (χ2n) is 4.34. The van der Waals surface area contributed by atoms with E-state index in [0.29, 0.717) is 23.6 Å². The Balaban J connectivity index is 2.20. The van der Waals surface area contributed by atoms with Gasteiger partial charge in [0.2, 0.25) is 5.76 Å². The lowest BCUT2D eigenvalue weighted by atomic mass is 10.2. The van der Waals surface area contributed by atoms with Crippen molar-refractivity contribution in [2.75, 3.05) is 11.9 Å². The zero-order valence-corrected chi connectivity index (χ0v) is 10.7. The number of anilines is 1. The van der Waals surface area contributed by atoms with Gasteiger partial charge in [0.1, 0.15) is 11.6 Å². The Bertz CT molecular complexity index is 606. The molecule has 0 amide bonds. The average Bonchev–Trinajstić information content (AvgIpc) is 2.70. The van der Waals surface area contributed by atoms with Crippen molar-refractivity contribution in [3.63, 3.8) is 0 Å². The van der Waals surface area contributed by atoms with Gasteiger partial charge < -0.3 is 14.4 Å². The van der Waals surface area contributed by atoms with Crippen molar-refractivity contribution >= 4 is 11.7 Å². The normalized spacial score (nSPS) is 10.5. The second-order valence-corrected chi connectivity index (χ2v) is 4.34. The smallest absolute Gasteiger partial charge is 0.372 e. The summed E-state index contributed by atoms with van der Waals surface area (Å²) in [7, 11) is 1.72. The molecule has 0 atom stereocenters. The number of hydrogen-bond acceptors (Lipinski definition) is 3. The molecule has 2 rings (SSSR count). The van der Waals surface area contributed by atoms with Crippen LogP contribution in [0.3, 0.4) is 0 Å². The number of carboxylic acids is 1. The molecule has 19 heavy (non-hydrogen) atoms. The van der Waals surface area contributed by atoms with Gasteiger partial charge in [-0.2, -0.15) is 0 Å². The van der Waals surface area contributed by atoms with E-state index in [0.717, 1.165) is 0 Å². The van der Waals surface area contributed by atoms with Crippen molar-refractivity contribution in [3.05, 3.63) is 53.2 Å². The quantitative estimate of drug-likeness (QED) is 0.921. The molecular formula is C14H14FNO3. The Hall–Kier alpha value is -2.30. The lowest BCUT2D eigenvalue weighted by Crippen LogP contribution is -2.17. The number of nitrogens with zero attached hydrogens (tertiary/aromatic N) is 1. The zero-order valence-electron chi connectivity index (χ0n) is 10.7. The molecule has 0 saturated heterocycles. The van der Waals surface area contributed by atoms with Crippen LogP contribution in [0.15, 0.2) is 34.7 Å². The highest BCUT2D eigenvalue weighted by Crippen LogP contribution is 2.21. The van der Waals surface area contributed by atoms with Gasteiger partial charge in [-0.3, -0.25) is 0 Å². The van der Waals surface area contributed by atoms with Crippen LogP contribution in [-0.4, -0.2) is 18.1 Å². The Morgan fingerprint density at radius 3 is 2.68 bits per heavy atom. The van der Waals surface area contributed by atoms with Gasteiger partial charge in [0.15, 0.2) is 0 Å². The number of hydrogen-bond donors (Lipinski definition) is 1. The molecule has 2 aromatic rings. The van der Waals surface area contributed by atoms with E-state index in [4.69, 9.17) is 9.52 Å². The van der Waals surface area contributed by atoms with Crippen molar-refractivity contribution in [2.24, 2.45) is 0 Å². The standard InChI is InChI=1S/C14H14FNO3/c1-9-7-10(19-13(9)14(17)18)8-16(2)12-6-4-3-5-11(12)15/h3-7H,8H2,1-2H3,(H,17,18). The molecule has 0 spiro atoms. The third kappa shape index (κ3) is 2.76. The van der Waals surface area contributed by atoms with Crippen LogP contribution >= 0.6 is 0 Å². The van der Waals surface area contributed by atoms with Crippen LogP contribution in [0, 0.1) is 12.7 Å². The number of benzene rings is 1. The zero-order chi connectivity index (χ0) is 14.0. The molecule has 1 N–H and O–H groups in total. The maximum Gasteiger partial charge on any atom is 0.372 e. The first kappa shape index (κ1) is 13.1. The molecule has 0 unspecified atom stereocenters. The highest BCUT2D eigenvalue weighted by atomic mass is 19.1. The summed E-state index contributed by atoms with van der Waals surface area (Å²) < 4.78 is 18.8. The second kappa shape index (κ2) is 5.14. The van der Waals surface area contributed by atoms with Gasteiger partial charge >= 0.3 is 5.97 Å². The van der Waals surface area contributed by atoms with E-state index in [1.807, 2.05) is 0 Å². The molecular weight excluding hydrogens is 249 g/mol. The van der Waals surface area contributed by atoms with Crippen LogP contribution in [-0.2, 0) is 6.54 Å². The first-order valence-corrected chi connectivity index (χ1v) is 5.77. The molecule has 100 valence electrons. The molecule has 4 nitrogen and oxygen atoms in total. The number of rotatable bonds is 4. The molecule has 0 fully saturated rings. The van der Waals surface area contributed by atoms with Crippen LogP contribution in [0.2, 0.25) is 0 Å². The van der Waals surface area contributed by atoms with E-state index in [-0.39, 0.29) is 11.6 Å². The largest absolute Gasteiger partial charge is 0.475 e. The van der Waals surface area contributed by atoms with Gasteiger partial charge in [-0.1, -0.05) is 12.1 Å². The first-order chi connectivity index (χ1) is 8.99. The molecule has 0 aliphatic carbocycles. The third-order valence-corrected chi connectivity index (χ3v) is 2.82. The number of aryl methyl sites for hydroxylation is 1. The van der Waals surface area contributed by atoms with E-state index in [1.165, 1.54) is 6.07 Å². The molecule has 0 aliphatic heterocycles. The van der Waals surface area contributed by atoms with Crippen LogP contribution in [0.1, 0.15) is 21.9 Å². The van der Waals surface area contributed by atoms with Gasteiger partial charge in [-0.15, -0.1) is 0 Å². The molecule has 0 bridgehead atoms. The fourth-order valence-corrected chi connectivity index (χ4v) is 1.92. The van der Waals surface area contributed by atoms with Crippen LogP contribution in [0.5, 0.6) is 0 Å². The fraction of sp³-hybridized carbons (Fsp3) is 0.214. The number of halogens is 1. The number of carboxylic acid groups (broad SMARTS) is 1. The van der Waals surface area contributed by atoms with Crippen molar-refractivity contribution in [2.45, 2.75) is 13.5 Å². The highest BCUT2D eigenvalue weighted by molar-refractivity contribution is 5.86. The Morgan fingerprint density at radius 1 is 1.42 bits per heavy atom. The SMILES string of the molecule is Cc1cc(CN(C)c2ccccc2F)oc1C(=O)O. The van der Waals surface area contributed by atoms with Crippen LogP contribution < -0.4 is 4.90 Å². The molecule has 5 heteroatoms. The van der Waals surface area contributed by atoms with Crippen molar-refractivity contribution in [3.8, 4) is 0 Å². The predicted octanol–water partition coefficient (Wildman–Crippen LogP) is 3.06. The van der Waals surface area contributed by atoms with Gasteiger partial charge in [-0.25, -0.2) is 9.18 Å². The number of carbonyl (C=O) groups is 1. The third-order valence-electron chi connectivity index (χ3n) is 2.82. The average molecular weight is 263 g/mol. The Kier molecular flexibility index (Phi) is 3.55.